The second-order valence-electron chi connectivity index (χ2n) is 4.57. The molecule has 0 N–H and O–H groups in total. The standard InChI is InChI=1S/C14H20ClNO4S/c1-4-8-16(5-2)14(17)10-11-6-7-12(20-3)13(9-11)21(15,18)19/h6-7,9H,4-5,8,10H2,1-3H3. The van der Waals surface area contributed by atoms with Gasteiger partial charge in [0, 0.05) is 23.8 Å². The highest BCUT2D eigenvalue weighted by atomic mass is 35.7. The summed E-state index contributed by atoms with van der Waals surface area (Å²) in [5, 5.41) is 0. The molecule has 1 aromatic rings. The van der Waals surface area contributed by atoms with Crippen LogP contribution in [0.5, 0.6) is 5.75 Å². The summed E-state index contributed by atoms with van der Waals surface area (Å²) in [5.41, 5.74) is 0.592. The molecule has 0 saturated heterocycles. The fraction of sp³-hybridized carbons (Fsp3) is 0.500. The third-order valence-electron chi connectivity index (χ3n) is 3.07. The lowest BCUT2D eigenvalue weighted by Crippen LogP contribution is -2.32. The molecule has 7 heteroatoms. The summed E-state index contributed by atoms with van der Waals surface area (Å²) in [5.74, 6) is 0.129. The van der Waals surface area contributed by atoms with Gasteiger partial charge in [0.2, 0.25) is 5.91 Å². The molecule has 0 atom stereocenters. The first-order valence-electron chi connectivity index (χ1n) is 6.72. The molecule has 1 rings (SSSR count). The largest absolute Gasteiger partial charge is 0.495 e. The first kappa shape index (κ1) is 17.8. The van der Waals surface area contributed by atoms with Crippen molar-refractivity contribution in [1.29, 1.82) is 0 Å². The van der Waals surface area contributed by atoms with E-state index in [9.17, 15) is 13.2 Å². The van der Waals surface area contributed by atoms with Gasteiger partial charge in [0.25, 0.3) is 9.05 Å². The van der Waals surface area contributed by atoms with Crippen LogP contribution in [0, 0.1) is 0 Å². The Labute approximate surface area is 130 Å². The average Bonchev–Trinajstić information content (AvgIpc) is 2.43. The quantitative estimate of drug-likeness (QED) is 0.719. The van der Waals surface area contributed by atoms with Crippen molar-refractivity contribution < 1.29 is 17.9 Å². The number of rotatable bonds is 7. The molecule has 5 nitrogen and oxygen atoms in total. The summed E-state index contributed by atoms with van der Waals surface area (Å²) >= 11 is 0. The van der Waals surface area contributed by atoms with Crippen LogP contribution < -0.4 is 4.74 Å². The van der Waals surface area contributed by atoms with Crippen molar-refractivity contribution in [3.05, 3.63) is 23.8 Å². The van der Waals surface area contributed by atoms with E-state index in [4.69, 9.17) is 15.4 Å². The van der Waals surface area contributed by atoms with E-state index in [-0.39, 0.29) is 23.0 Å². The van der Waals surface area contributed by atoms with Gasteiger partial charge < -0.3 is 9.64 Å². The van der Waals surface area contributed by atoms with E-state index in [0.29, 0.717) is 18.7 Å². The molecule has 0 heterocycles. The van der Waals surface area contributed by atoms with Crippen molar-refractivity contribution in [1.82, 2.24) is 4.90 Å². The highest BCUT2D eigenvalue weighted by Gasteiger charge is 2.19. The van der Waals surface area contributed by atoms with Gasteiger partial charge in [0.1, 0.15) is 10.6 Å². The molecule has 0 saturated carbocycles. The number of nitrogens with zero attached hydrogens (tertiary/aromatic N) is 1. The van der Waals surface area contributed by atoms with Crippen LogP contribution in [0.1, 0.15) is 25.8 Å². The number of benzene rings is 1. The van der Waals surface area contributed by atoms with E-state index in [1.165, 1.54) is 19.2 Å². The molecule has 0 aliphatic heterocycles. The predicted octanol–water partition coefficient (Wildman–Crippen LogP) is 2.42. The summed E-state index contributed by atoms with van der Waals surface area (Å²) in [7, 11) is 2.84. The molecule has 21 heavy (non-hydrogen) atoms. The molecule has 0 fully saturated rings. The first-order chi connectivity index (χ1) is 9.83. The number of ether oxygens (including phenoxy) is 1. The number of hydrogen-bond acceptors (Lipinski definition) is 4. The normalized spacial score (nSPS) is 11.2. The van der Waals surface area contributed by atoms with Crippen molar-refractivity contribution in [3.63, 3.8) is 0 Å². The third-order valence-corrected chi connectivity index (χ3v) is 4.42. The number of amides is 1. The number of halogens is 1. The van der Waals surface area contributed by atoms with Gasteiger partial charge in [-0.1, -0.05) is 13.0 Å². The maximum atomic E-state index is 12.2. The Balaban J connectivity index is 3.03. The number of methoxy groups -OCH3 is 1. The minimum Gasteiger partial charge on any atom is -0.495 e. The summed E-state index contributed by atoms with van der Waals surface area (Å²) in [6.07, 6.45) is 1.01. The second kappa shape index (κ2) is 7.66. The molecule has 0 unspecified atom stereocenters. The van der Waals surface area contributed by atoms with Crippen LogP contribution in [0.15, 0.2) is 23.1 Å². The highest BCUT2D eigenvalue weighted by molar-refractivity contribution is 8.13. The molecule has 0 spiro atoms. The van der Waals surface area contributed by atoms with Crippen molar-refractivity contribution >= 4 is 25.6 Å². The zero-order valence-electron chi connectivity index (χ0n) is 12.4. The van der Waals surface area contributed by atoms with E-state index >= 15 is 0 Å². The molecule has 118 valence electrons. The van der Waals surface area contributed by atoms with Crippen molar-refractivity contribution in [2.45, 2.75) is 31.6 Å². The van der Waals surface area contributed by atoms with Gasteiger partial charge in [0.15, 0.2) is 0 Å². The molecular weight excluding hydrogens is 314 g/mol. The fourth-order valence-electron chi connectivity index (χ4n) is 2.04. The van der Waals surface area contributed by atoms with E-state index in [1.807, 2.05) is 13.8 Å². The average molecular weight is 334 g/mol. The molecule has 0 aliphatic carbocycles. The lowest BCUT2D eigenvalue weighted by atomic mass is 10.1. The van der Waals surface area contributed by atoms with E-state index in [2.05, 4.69) is 0 Å². The van der Waals surface area contributed by atoms with Crippen molar-refractivity contribution in [3.8, 4) is 5.75 Å². The van der Waals surface area contributed by atoms with Gasteiger partial charge in [-0.25, -0.2) is 8.42 Å². The van der Waals surface area contributed by atoms with Gasteiger partial charge in [-0.05, 0) is 31.0 Å². The molecular formula is C14H20ClNO4S. The van der Waals surface area contributed by atoms with Crippen LogP contribution >= 0.6 is 10.7 Å². The highest BCUT2D eigenvalue weighted by Crippen LogP contribution is 2.28. The second-order valence-corrected chi connectivity index (χ2v) is 7.11. The predicted molar refractivity (Wildman–Crippen MR) is 82.3 cm³/mol. The van der Waals surface area contributed by atoms with Crippen LogP contribution in [0.4, 0.5) is 0 Å². The SMILES string of the molecule is CCCN(CC)C(=O)Cc1ccc(OC)c(S(=O)(=O)Cl)c1. The smallest absolute Gasteiger partial charge is 0.264 e. The molecule has 1 aromatic carbocycles. The lowest BCUT2D eigenvalue weighted by Gasteiger charge is -2.20. The molecule has 1 amide bonds. The maximum Gasteiger partial charge on any atom is 0.264 e. The Hall–Kier alpha value is -1.27. The van der Waals surface area contributed by atoms with Gasteiger partial charge in [0.05, 0.1) is 13.5 Å². The zero-order valence-corrected chi connectivity index (χ0v) is 14.0. The Morgan fingerprint density at radius 2 is 2.00 bits per heavy atom. The number of carbonyl (C=O) groups is 1. The van der Waals surface area contributed by atoms with Crippen LogP contribution in [-0.4, -0.2) is 39.4 Å². The van der Waals surface area contributed by atoms with Crippen molar-refractivity contribution in [2.75, 3.05) is 20.2 Å². The molecule has 0 aromatic heterocycles. The minimum absolute atomic E-state index is 0.0394. The summed E-state index contributed by atoms with van der Waals surface area (Å²) in [6, 6.07) is 4.56. The summed E-state index contributed by atoms with van der Waals surface area (Å²) in [4.78, 5) is 13.8. The van der Waals surface area contributed by atoms with Crippen LogP contribution in [0.3, 0.4) is 0 Å². The Kier molecular flexibility index (Phi) is 6.48. The van der Waals surface area contributed by atoms with Crippen LogP contribution in [-0.2, 0) is 20.3 Å². The molecule has 0 bridgehead atoms. The van der Waals surface area contributed by atoms with Gasteiger partial charge in [-0.15, -0.1) is 0 Å². The summed E-state index contributed by atoms with van der Waals surface area (Å²) < 4.78 is 28.0. The Morgan fingerprint density at radius 3 is 2.48 bits per heavy atom. The van der Waals surface area contributed by atoms with E-state index < -0.39 is 9.05 Å². The monoisotopic (exact) mass is 333 g/mol. The van der Waals surface area contributed by atoms with Gasteiger partial charge >= 0.3 is 0 Å². The summed E-state index contributed by atoms with van der Waals surface area (Å²) in [6.45, 7) is 5.23. The third kappa shape index (κ3) is 4.89. The van der Waals surface area contributed by atoms with E-state index in [0.717, 1.165) is 6.42 Å². The number of carbonyl (C=O) groups excluding carboxylic acids is 1. The zero-order chi connectivity index (χ0) is 16.0. The Morgan fingerprint density at radius 1 is 1.33 bits per heavy atom. The lowest BCUT2D eigenvalue weighted by molar-refractivity contribution is -0.130. The Bertz CT molecular complexity index is 601. The fourth-order valence-corrected chi connectivity index (χ4v) is 3.08. The molecule has 0 radical (unpaired) electrons. The van der Waals surface area contributed by atoms with Crippen LogP contribution in [0.2, 0.25) is 0 Å². The van der Waals surface area contributed by atoms with Crippen molar-refractivity contribution in [2.24, 2.45) is 0 Å². The number of likely N-dealkylation sites (N-methyl/N-ethyl adjacent to an activating group) is 1. The van der Waals surface area contributed by atoms with Gasteiger partial charge in [-0.2, -0.15) is 0 Å². The van der Waals surface area contributed by atoms with E-state index in [1.54, 1.807) is 11.0 Å². The minimum atomic E-state index is -3.92. The number of hydrogen-bond donors (Lipinski definition) is 0. The molecule has 0 aliphatic rings. The van der Waals surface area contributed by atoms with Gasteiger partial charge in [-0.3, -0.25) is 4.79 Å². The maximum absolute atomic E-state index is 12.2. The van der Waals surface area contributed by atoms with Crippen LogP contribution in [0.25, 0.3) is 0 Å². The first-order valence-corrected chi connectivity index (χ1v) is 9.03. The topological polar surface area (TPSA) is 63.7 Å².